The van der Waals surface area contributed by atoms with Gasteiger partial charge < -0.3 is 14.8 Å². The molecule has 1 amide bonds. The number of nitrogens with one attached hydrogen (secondary N) is 1. The molecule has 132 valence electrons. The van der Waals surface area contributed by atoms with E-state index in [9.17, 15) is 18.0 Å². The van der Waals surface area contributed by atoms with Crippen molar-refractivity contribution < 1.29 is 27.4 Å². The molecule has 8 heteroatoms. The van der Waals surface area contributed by atoms with Gasteiger partial charge in [-0.2, -0.15) is 13.2 Å². The van der Waals surface area contributed by atoms with Gasteiger partial charge in [-0.15, -0.1) is 0 Å². The van der Waals surface area contributed by atoms with Crippen molar-refractivity contribution in [2.75, 3.05) is 6.79 Å². The van der Waals surface area contributed by atoms with Crippen LogP contribution in [0.4, 0.5) is 13.2 Å². The summed E-state index contributed by atoms with van der Waals surface area (Å²) < 4.78 is 48.8. The summed E-state index contributed by atoms with van der Waals surface area (Å²) in [4.78, 5) is 12.4. The highest BCUT2D eigenvalue weighted by atomic mass is 35.5. The van der Waals surface area contributed by atoms with Gasteiger partial charge in [0.15, 0.2) is 11.5 Å². The van der Waals surface area contributed by atoms with Gasteiger partial charge in [-0.3, -0.25) is 4.79 Å². The molecule has 1 aliphatic heterocycles. The Bertz CT molecular complexity index is 823. The van der Waals surface area contributed by atoms with E-state index in [1.807, 2.05) is 0 Å². The summed E-state index contributed by atoms with van der Waals surface area (Å²) >= 11 is 6.03. The number of hydrogen-bond acceptors (Lipinski definition) is 3. The van der Waals surface area contributed by atoms with Crippen LogP contribution in [0.25, 0.3) is 0 Å². The van der Waals surface area contributed by atoms with Gasteiger partial charge >= 0.3 is 6.18 Å². The second-order valence-electron chi connectivity index (χ2n) is 5.51. The molecule has 0 aliphatic carbocycles. The van der Waals surface area contributed by atoms with Gasteiger partial charge in [0.05, 0.1) is 16.6 Å². The van der Waals surface area contributed by atoms with Crippen LogP contribution in [0.1, 0.15) is 34.5 Å². The Hall–Kier alpha value is -2.41. The summed E-state index contributed by atoms with van der Waals surface area (Å²) in [6, 6.07) is 7.09. The van der Waals surface area contributed by atoms with E-state index < -0.39 is 23.7 Å². The minimum Gasteiger partial charge on any atom is -0.454 e. The quantitative estimate of drug-likeness (QED) is 0.859. The third-order valence-electron chi connectivity index (χ3n) is 3.75. The molecular formula is C17H13ClF3NO3. The third-order valence-corrected chi connectivity index (χ3v) is 4.03. The van der Waals surface area contributed by atoms with Gasteiger partial charge in [0, 0.05) is 5.56 Å². The van der Waals surface area contributed by atoms with Crippen LogP contribution in [-0.4, -0.2) is 12.7 Å². The van der Waals surface area contributed by atoms with Crippen LogP contribution in [0.2, 0.25) is 5.02 Å². The lowest BCUT2D eigenvalue weighted by Gasteiger charge is -2.16. The summed E-state index contributed by atoms with van der Waals surface area (Å²) in [5.41, 5.74) is -0.194. The van der Waals surface area contributed by atoms with Crippen molar-refractivity contribution in [1.29, 1.82) is 0 Å². The molecule has 3 rings (SSSR count). The van der Waals surface area contributed by atoms with Gasteiger partial charge in [-0.1, -0.05) is 23.7 Å². The van der Waals surface area contributed by atoms with E-state index in [1.54, 1.807) is 6.92 Å². The maximum Gasteiger partial charge on any atom is 0.416 e. The molecule has 4 nitrogen and oxygen atoms in total. The van der Waals surface area contributed by atoms with Crippen LogP contribution < -0.4 is 14.8 Å². The first kappa shape index (κ1) is 17.4. The maximum atomic E-state index is 12.8. The number of benzene rings is 2. The number of carbonyl (C=O) groups is 1. The molecule has 0 saturated heterocycles. The Labute approximate surface area is 146 Å². The zero-order chi connectivity index (χ0) is 18.2. The van der Waals surface area contributed by atoms with Gasteiger partial charge in [0.2, 0.25) is 6.79 Å². The molecule has 25 heavy (non-hydrogen) atoms. The Morgan fingerprint density at radius 3 is 2.72 bits per heavy atom. The van der Waals surface area contributed by atoms with Crippen molar-refractivity contribution >= 4 is 17.5 Å². The SMILES string of the molecule is CC(NC(=O)c1cc(Cl)c2c(c1)OCO2)c1cccc(C(F)(F)F)c1. The second kappa shape index (κ2) is 6.48. The molecule has 0 aromatic heterocycles. The van der Waals surface area contributed by atoms with E-state index in [0.29, 0.717) is 17.1 Å². The van der Waals surface area contributed by atoms with E-state index in [4.69, 9.17) is 21.1 Å². The van der Waals surface area contributed by atoms with Gasteiger partial charge in [0.1, 0.15) is 0 Å². The molecule has 0 bridgehead atoms. The number of fused-ring (bicyclic) bond motifs is 1. The zero-order valence-electron chi connectivity index (χ0n) is 13.0. The lowest BCUT2D eigenvalue weighted by atomic mass is 10.0. The molecule has 0 spiro atoms. The van der Waals surface area contributed by atoms with E-state index in [-0.39, 0.29) is 17.4 Å². The first-order valence-electron chi connectivity index (χ1n) is 7.33. The average Bonchev–Trinajstić information content (AvgIpc) is 3.03. The van der Waals surface area contributed by atoms with Crippen molar-refractivity contribution in [2.24, 2.45) is 0 Å². The van der Waals surface area contributed by atoms with Crippen LogP contribution in [0.5, 0.6) is 11.5 Å². The molecule has 1 heterocycles. The number of amides is 1. The molecule has 0 saturated carbocycles. The normalized spacial score (nSPS) is 14.3. The molecule has 0 radical (unpaired) electrons. The van der Waals surface area contributed by atoms with Crippen LogP contribution in [0, 0.1) is 0 Å². The molecule has 0 fully saturated rings. The van der Waals surface area contributed by atoms with Crippen LogP contribution in [0.3, 0.4) is 0 Å². The summed E-state index contributed by atoms with van der Waals surface area (Å²) in [6.07, 6.45) is -4.44. The molecular weight excluding hydrogens is 359 g/mol. The number of carbonyl (C=O) groups excluding carboxylic acids is 1. The lowest BCUT2D eigenvalue weighted by molar-refractivity contribution is -0.137. The van der Waals surface area contributed by atoms with Crippen molar-refractivity contribution in [3.8, 4) is 11.5 Å². The second-order valence-corrected chi connectivity index (χ2v) is 5.92. The average molecular weight is 372 g/mol. The minimum atomic E-state index is -4.44. The largest absolute Gasteiger partial charge is 0.454 e. The number of hydrogen-bond donors (Lipinski definition) is 1. The molecule has 1 aliphatic rings. The van der Waals surface area contributed by atoms with Crippen molar-refractivity contribution in [3.05, 3.63) is 58.1 Å². The number of rotatable bonds is 3. The summed E-state index contributed by atoms with van der Waals surface area (Å²) in [5.74, 6) is 0.235. The number of alkyl halides is 3. The first-order valence-corrected chi connectivity index (χ1v) is 7.70. The predicted octanol–water partition coefficient (Wildman–Crippen LogP) is 4.58. The topological polar surface area (TPSA) is 47.6 Å². The van der Waals surface area contributed by atoms with Crippen LogP contribution >= 0.6 is 11.6 Å². The van der Waals surface area contributed by atoms with Crippen LogP contribution in [0.15, 0.2) is 36.4 Å². The maximum absolute atomic E-state index is 12.8. The Morgan fingerprint density at radius 1 is 1.24 bits per heavy atom. The van der Waals surface area contributed by atoms with E-state index >= 15 is 0 Å². The highest BCUT2D eigenvalue weighted by Crippen LogP contribution is 2.40. The molecule has 1 unspecified atom stereocenters. The van der Waals surface area contributed by atoms with Crippen molar-refractivity contribution in [2.45, 2.75) is 19.1 Å². The van der Waals surface area contributed by atoms with Crippen molar-refractivity contribution in [1.82, 2.24) is 5.32 Å². The zero-order valence-corrected chi connectivity index (χ0v) is 13.7. The molecule has 1 atom stereocenters. The number of halogens is 4. The lowest BCUT2D eigenvalue weighted by Crippen LogP contribution is -2.26. The Balaban J connectivity index is 1.78. The Morgan fingerprint density at radius 2 is 2.00 bits per heavy atom. The van der Waals surface area contributed by atoms with E-state index in [0.717, 1.165) is 12.1 Å². The summed E-state index contributed by atoms with van der Waals surface area (Å²) in [5, 5.41) is 2.88. The smallest absolute Gasteiger partial charge is 0.416 e. The summed E-state index contributed by atoms with van der Waals surface area (Å²) in [6.45, 7) is 1.61. The number of ether oxygens (including phenoxy) is 2. The van der Waals surface area contributed by atoms with Gasteiger partial charge in [-0.05, 0) is 36.8 Å². The van der Waals surface area contributed by atoms with Crippen molar-refractivity contribution in [3.63, 3.8) is 0 Å². The summed E-state index contributed by atoms with van der Waals surface area (Å²) in [7, 11) is 0. The monoisotopic (exact) mass is 371 g/mol. The first-order chi connectivity index (χ1) is 11.8. The fourth-order valence-electron chi connectivity index (χ4n) is 2.45. The molecule has 1 N–H and O–H groups in total. The van der Waals surface area contributed by atoms with E-state index in [1.165, 1.54) is 24.3 Å². The van der Waals surface area contributed by atoms with E-state index in [2.05, 4.69) is 5.32 Å². The molecule has 2 aromatic rings. The predicted molar refractivity (Wildman–Crippen MR) is 84.9 cm³/mol. The fourth-order valence-corrected chi connectivity index (χ4v) is 2.71. The highest BCUT2D eigenvalue weighted by Gasteiger charge is 2.31. The fraction of sp³-hybridized carbons (Fsp3) is 0.235. The third kappa shape index (κ3) is 3.66. The van der Waals surface area contributed by atoms with Gasteiger partial charge in [-0.25, -0.2) is 0 Å². The minimum absolute atomic E-state index is 0.0146. The standard InChI is InChI=1S/C17H13ClF3NO3/c1-9(10-3-2-4-12(5-10)17(19,20)21)22-16(23)11-6-13(18)15-14(7-11)24-8-25-15/h2-7,9H,8H2,1H3,(H,22,23). The van der Waals surface area contributed by atoms with Gasteiger partial charge in [0.25, 0.3) is 5.91 Å². The highest BCUT2D eigenvalue weighted by molar-refractivity contribution is 6.32. The molecule has 2 aromatic carbocycles. The van der Waals surface area contributed by atoms with Crippen LogP contribution in [-0.2, 0) is 6.18 Å². The Kier molecular flexibility index (Phi) is 4.51.